The summed E-state index contributed by atoms with van der Waals surface area (Å²) >= 11 is 14.3. The van der Waals surface area contributed by atoms with Gasteiger partial charge in [0.2, 0.25) is 0 Å². The minimum absolute atomic E-state index is 0.0624. The van der Waals surface area contributed by atoms with Crippen molar-refractivity contribution >= 4 is 57.4 Å². The van der Waals surface area contributed by atoms with Crippen molar-refractivity contribution in [3.05, 3.63) is 103 Å². The first-order chi connectivity index (χ1) is 19.9. The highest BCUT2D eigenvalue weighted by Gasteiger charge is 2.67. The molecule has 1 N–H and O–H groups in total. The fraction of sp³-hybridized carbons (Fsp3) is 0.333. The van der Waals surface area contributed by atoms with E-state index in [0.29, 0.717) is 34.5 Å². The summed E-state index contributed by atoms with van der Waals surface area (Å²) in [6, 6.07) is 20.2. The van der Waals surface area contributed by atoms with Gasteiger partial charge in [0.05, 0.1) is 10.3 Å². The number of anilines is 1. The van der Waals surface area contributed by atoms with Crippen molar-refractivity contribution in [3.63, 3.8) is 0 Å². The molecule has 5 nitrogen and oxygen atoms in total. The Morgan fingerprint density at radius 2 is 1.76 bits per heavy atom. The Morgan fingerprint density at radius 3 is 2.44 bits per heavy atom. The molecule has 0 bridgehead atoms. The Kier molecular flexibility index (Phi) is 5.83. The first kappa shape index (κ1) is 25.8. The number of nitrogens with zero attached hydrogens (tertiary/aromatic N) is 2. The van der Waals surface area contributed by atoms with Crippen LogP contribution < -0.4 is 10.5 Å². The van der Waals surface area contributed by atoms with Crippen LogP contribution in [0.1, 0.15) is 59.8 Å². The number of carboxylic acids is 1. The smallest absolute Gasteiger partial charge is 0.331 e. The molecule has 2 saturated carbocycles. The van der Waals surface area contributed by atoms with Crippen LogP contribution in [0, 0.1) is 0 Å². The zero-order valence-corrected chi connectivity index (χ0v) is 24.6. The summed E-state index contributed by atoms with van der Waals surface area (Å²) in [5, 5.41) is 14.8. The van der Waals surface area contributed by atoms with E-state index in [9.17, 15) is 14.7 Å². The molecule has 8 heteroatoms. The van der Waals surface area contributed by atoms with Crippen LogP contribution in [0.3, 0.4) is 0 Å². The Balaban J connectivity index is 1.34. The highest BCUT2D eigenvalue weighted by molar-refractivity contribution is 8.00. The van der Waals surface area contributed by atoms with E-state index in [1.54, 1.807) is 22.4 Å². The summed E-state index contributed by atoms with van der Waals surface area (Å²) in [5.74, 6) is -0.650. The third-order valence-corrected chi connectivity index (χ3v) is 11.6. The lowest BCUT2D eigenvalue weighted by Gasteiger charge is -2.48. The summed E-state index contributed by atoms with van der Waals surface area (Å²) in [6.45, 7) is 1.64. The molecule has 41 heavy (non-hydrogen) atoms. The zero-order valence-electron chi connectivity index (χ0n) is 22.3. The molecule has 1 aromatic heterocycles. The summed E-state index contributed by atoms with van der Waals surface area (Å²) in [6.07, 6.45) is 4.15. The molecule has 0 spiro atoms. The van der Waals surface area contributed by atoms with Crippen LogP contribution in [0.4, 0.5) is 5.69 Å². The van der Waals surface area contributed by atoms with Crippen LogP contribution in [-0.4, -0.2) is 34.0 Å². The molecule has 3 heterocycles. The summed E-state index contributed by atoms with van der Waals surface area (Å²) < 4.78 is 1.70. The van der Waals surface area contributed by atoms with Crippen molar-refractivity contribution in [2.24, 2.45) is 0 Å². The summed E-state index contributed by atoms with van der Waals surface area (Å²) in [4.78, 5) is 30.0. The molecular weight excluding hydrogens is 575 g/mol. The Labute approximate surface area is 252 Å². The molecule has 1 saturated heterocycles. The van der Waals surface area contributed by atoms with Gasteiger partial charge in [0, 0.05) is 35.5 Å². The summed E-state index contributed by atoms with van der Waals surface area (Å²) in [7, 11) is 0. The Bertz CT molecular complexity index is 1800. The molecule has 3 fully saturated rings. The van der Waals surface area contributed by atoms with Crippen LogP contribution in [0.2, 0.25) is 10.0 Å². The topological polar surface area (TPSA) is 62.5 Å². The van der Waals surface area contributed by atoms with Gasteiger partial charge in [-0.15, -0.1) is 11.8 Å². The lowest BCUT2D eigenvalue weighted by Crippen LogP contribution is -2.61. The van der Waals surface area contributed by atoms with Gasteiger partial charge >= 0.3 is 5.97 Å². The fourth-order valence-electron chi connectivity index (χ4n) is 7.29. The van der Waals surface area contributed by atoms with Crippen LogP contribution >= 0.6 is 35.0 Å². The number of hydrogen-bond acceptors (Lipinski definition) is 4. The predicted octanol–water partition coefficient (Wildman–Crippen LogP) is 7.43. The molecular formula is C33H28Cl2N2O3S. The first-order valence-corrected chi connectivity index (χ1v) is 15.9. The number of fused-ring (bicyclic) bond motifs is 4. The molecule has 4 aromatic rings. The lowest BCUT2D eigenvalue weighted by molar-refractivity contribution is -0.153. The van der Waals surface area contributed by atoms with E-state index in [2.05, 4.69) is 47.4 Å². The molecule has 208 valence electrons. The number of halogens is 2. The molecule has 4 aliphatic rings. The molecule has 3 aromatic carbocycles. The van der Waals surface area contributed by atoms with Crippen molar-refractivity contribution in [3.8, 4) is 0 Å². The second-order valence-corrected chi connectivity index (χ2v) is 13.9. The van der Waals surface area contributed by atoms with E-state index in [1.165, 1.54) is 21.9 Å². The quantitative estimate of drug-likeness (QED) is 0.249. The van der Waals surface area contributed by atoms with Crippen molar-refractivity contribution in [1.82, 2.24) is 4.57 Å². The van der Waals surface area contributed by atoms with Gasteiger partial charge in [-0.25, -0.2) is 4.79 Å². The number of carboxylic acid groups (broad SMARTS) is 1. The number of rotatable bonds is 6. The number of aromatic nitrogens is 1. The average Bonchev–Trinajstić information content (AvgIpc) is 3.70. The average molecular weight is 604 g/mol. The van der Waals surface area contributed by atoms with Gasteiger partial charge in [0.15, 0.2) is 5.54 Å². The van der Waals surface area contributed by atoms with E-state index in [4.69, 9.17) is 23.2 Å². The highest BCUT2D eigenvalue weighted by atomic mass is 35.5. The van der Waals surface area contributed by atoms with Gasteiger partial charge in [0.1, 0.15) is 5.69 Å². The van der Waals surface area contributed by atoms with Crippen LogP contribution in [0.5, 0.6) is 0 Å². The Hall–Kier alpha value is -2.93. The minimum Gasteiger partial charge on any atom is -0.479 e. The predicted molar refractivity (Wildman–Crippen MR) is 165 cm³/mol. The third-order valence-electron chi connectivity index (χ3n) is 9.54. The molecule has 2 aliphatic carbocycles. The third kappa shape index (κ3) is 3.76. The lowest BCUT2D eigenvalue weighted by atomic mass is 9.64. The van der Waals surface area contributed by atoms with E-state index in [1.807, 2.05) is 12.1 Å². The fourth-order valence-corrected chi connectivity index (χ4v) is 9.76. The van der Waals surface area contributed by atoms with Gasteiger partial charge in [-0.2, -0.15) is 0 Å². The van der Waals surface area contributed by atoms with Crippen LogP contribution in [0.15, 0.2) is 70.5 Å². The molecule has 0 radical (unpaired) electrons. The van der Waals surface area contributed by atoms with Crippen molar-refractivity contribution in [1.29, 1.82) is 0 Å². The Morgan fingerprint density at radius 1 is 1.02 bits per heavy atom. The normalized spacial score (nSPS) is 24.5. The first-order valence-electron chi connectivity index (χ1n) is 14.3. The van der Waals surface area contributed by atoms with E-state index >= 15 is 0 Å². The van der Waals surface area contributed by atoms with Gasteiger partial charge in [-0.1, -0.05) is 65.7 Å². The van der Waals surface area contributed by atoms with Gasteiger partial charge in [-0.05, 0) is 82.8 Å². The van der Waals surface area contributed by atoms with E-state index in [0.717, 1.165) is 48.5 Å². The monoisotopic (exact) mass is 602 g/mol. The standard InChI is InChI=1S/C33H28Cl2N2O3S/c34-22-13-21(14-23(35)16-22)26-17-33(32(39)40)29(26)41-31-27(19-9-10-19)25(28(30(38)37(31)33)36-11-4-12-36)15-20-7-3-6-18-5-1-2-8-24(18)20/h1-3,5-8,13-14,16,19,26,29H,4,9-12,15,17H2,(H,39,40)/t26-,29?,33?/m0/s1. The SMILES string of the molecule is O=C(O)C12C[C@@H](c3cc(Cl)cc(Cl)c3)C1Sc1c(C3CC3)c(Cc3cccc4ccccc34)c(N3CCC3)c(=O)n12. The van der Waals surface area contributed by atoms with Crippen molar-refractivity contribution < 1.29 is 9.90 Å². The molecule has 0 amide bonds. The maximum absolute atomic E-state index is 14.6. The highest BCUT2D eigenvalue weighted by Crippen LogP contribution is 2.65. The van der Waals surface area contributed by atoms with Crippen LogP contribution in [0.25, 0.3) is 10.8 Å². The maximum Gasteiger partial charge on any atom is 0.331 e. The van der Waals surface area contributed by atoms with Crippen LogP contribution in [-0.2, 0) is 16.8 Å². The van der Waals surface area contributed by atoms with Gasteiger partial charge < -0.3 is 10.0 Å². The number of pyridine rings is 1. The zero-order chi connectivity index (χ0) is 28.0. The number of benzene rings is 3. The second kappa shape index (κ2) is 9.29. The molecule has 2 aliphatic heterocycles. The van der Waals surface area contributed by atoms with E-state index in [-0.39, 0.29) is 16.7 Å². The maximum atomic E-state index is 14.6. The van der Waals surface area contributed by atoms with E-state index < -0.39 is 11.5 Å². The minimum atomic E-state index is -1.28. The van der Waals surface area contributed by atoms with Gasteiger partial charge in [0.25, 0.3) is 5.56 Å². The second-order valence-electron chi connectivity index (χ2n) is 11.9. The molecule has 2 unspecified atom stereocenters. The molecule has 8 rings (SSSR count). The number of carbonyl (C=O) groups is 1. The summed E-state index contributed by atoms with van der Waals surface area (Å²) in [5.41, 5.74) is 3.70. The van der Waals surface area contributed by atoms with Crippen molar-refractivity contribution in [2.75, 3.05) is 18.0 Å². The van der Waals surface area contributed by atoms with Gasteiger partial charge in [-0.3, -0.25) is 9.36 Å². The van der Waals surface area contributed by atoms with Crippen molar-refractivity contribution in [2.45, 2.75) is 59.8 Å². The molecule has 3 atom stereocenters. The number of hydrogen-bond donors (Lipinski definition) is 1. The number of thioether (sulfide) groups is 1. The largest absolute Gasteiger partial charge is 0.479 e. The number of aliphatic carboxylic acids is 1.